The van der Waals surface area contributed by atoms with Crippen molar-refractivity contribution >= 4 is 23.0 Å². The molecule has 0 N–H and O–H groups in total. The molecule has 26 heavy (non-hydrogen) atoms. The van der Waals surface area contributed by atoms with Gasteiger partial charge in [0.25, 0.3) is 0 Å². The minimum absolute atomic E-state index is 0.190. The zero-order valence-electron chi connectivity index (χ0n) is 13.7. The molecule has 0 aliphatic carbocycles. The van der Waals surface area contributed by atoms with Crippen molar-refractivity contribution in [1.29, 1.82) is 5.26 Å². The number of furan rings is 1. The lowest BCUT2D eigenvalue weighted by molar-refractivity contribution is -0.139. The van der Waals surface area contributed by atoms with Crippen molar-refractivity contribution in [2.45, 2.75) is 6.61 Å². The Balaban J connectivity index is 1.84. The molecule has 1 aromatic carbocycles. The van der Waals surface area contributed by atoms with Gasteiger partial charge in [-0.2, -0.15) is 5.26 Å². The predicted molar refractivity (Wildman–Crippen MR) is 91.1 cm³/mol. The summed E-state index contributed by atoms with van der Waals surface area (Å²) >= 11 is 0. The van der Waals surface area contributed by atoms with Crippen LogP contribution in [-0.4, -0.2) is 13.1 Å². The molecule has 3 aromatic rings. The average molecular weight is 351 g/mol. The Hall–Kier alpha value is -3.79. The van der Waals surface area contributed by atoms with Crippen LogP contribution in [0.1, 0.15) is 11.3 Å². The maximum absolute atomic E-state index is 12.1. The first kappa shape index (κ1) is 17.0. The molecule has 7 heteroatoms. The summed E-state index contributed by atoms with van der Waals surface area (Å²) in [6.07, 6.45) is 2.71. The average Bonchev–Trinajstić information content (AvgIpc) is 3.16. The quantitative estimate of drug-likeness (QED) is 0.301. The maximum Gasteiger partial charge on any atom is 0.349 e. The number of carbonyl (C=O) groups is 1. The van der Waals surface area contributed by atoms with Gasteiger partial charge < -0.3 is 18.3 Å². The highest BCUT2D eigenvalue weighted by atomic mass is 16.5. The molecule has 7 nitrogen and oxygen atoms in total. The van der Waals surface area contributed by atoms with Crippen molar-refractivity contribution in [3.05, 3.63) is 70.0 Å². The lowest BCUT2D eigenvalue weighted by Gasteiger charge is -2.07. The van der Waals surface area contributed by atoms with Gasteiger partial charge in [0.15, 0.2) is 0 Å². The summed E-state index contributed by atoms with van der Waals surface area (Å²) in [5, 5.41) is 9.73. The SMILES string of the molecule is COc1ccc2c(COC(=O)/C(C#N)=C/c3ccco3)cc(=O)oc2c1. The summed E-state index contributed by atoms with van der Waals surface area (Å²) in [5.74, 6) is 0.0677. The number of hydrogen-bond donors (Lipinski definition) is 0. The van der Waals surface area contributed by atoms with Crippen LogP contribution < -0.4 is 10.4 Å². The Labute approximate surface area is 147 Å². The first-order chi connectivity index (χ1) is 12.6. The number of nitrogens with zero attached hydrogens (tertiary/aromatic N) is 1. The van der Waals surface area contributed by atoms with E-state index < -0.39 is 11.6 Å². The van der Waals surface area contributed by atoms with Gasteiger partial charge in [0.2, 0.25) is 0 Å². The number of ether oxygens (including phenoxy) is 2. The van der Waals surface area contributed by atoms with E-state index in [1.807, 2.05) is 0 Å². The zero-order chi connectivity index (χ0) is 18.5. The van der Waals surface area contributed by atoms with Crippen molar-refractivity contribution < 1.29 is 23.1 Å². The molecule has 3 rings (SSSR count). The predicted octanol–water partition coefficient (Wildman–Crippen LogP) is 3.04. The van der Waals surface area contributed by atoms with Crippen molar-refractivity contribution in [3.8, 4) is 11.8 Å². The topological polar surface area (TPSA) is 103 Å². The highest BCUT2D eigenvalue weighted by molar-refractivity contribution is 5.97. The van der Waals surface area contributed by atoms with E-state index in [-0.39, 0.29) is 12.2 Å². The van der Waals surface area contributed by atoms with Crippen molar-refractivity contribution in [2.24, 2.45) is 0 Å². The fourth-order valence-electron chi connectivity index (χ4n) is 2.33. The molecule has 0 spiro atoms. The molecule has 0 amide bonds. The third-order valence-corrected chi connectivity index (χ3v) is 3.57. The molecule has 0 fully saturated rings. The lowest BCUT2D eigenvalue weighted by Crippen LogP contribution is -2.09. The van der Waals surface area contributed by atoms with Gasteiger partial charge in [-0.15, -0.1) is 0 Å². The van der Waals surface area contributed by atoms with Gasteiger partial charge >= 0.3 is 11.6 Å². The number of nitriles is 1. The van der Waals surface area contributed by atoms with Gasteiger partial charge in [0.1, 0.15) is 35.3 Å². The van der Waals surface area contributed by atoms with Crippen molar-refractivity contribution in [1.82, 2.24) is 0 Å². The van der Waals surface area contributed by atoms with Gasteiger partial charge in [0.05, 0.1) is 13.4 Å². The third kappa shape index (κ3) is 3.65. The smallest absolute Gasteiger partial charge is 0.349 e. The van der Waals surface area contributed by atoms with Gasteiger partial charge in [-0.05, 0) is 24.3 Å². The Morgan fingerprint density at radius 1 is 1.31 bits per heavy atom. The Morgan fingerprint density at radius 2 is 2.15 bits per heavy atom. The molecular weight excluding hydrogens is 338 g/mol. The molecule has 0 radical (unpaired) electrons. The van der Waals surface area contributed by atoms with E-state index in [1.54, 1.807) is 36.4 Å². The summed E-state index contributed by atoms with van der Waals surface area (Å²) < 4.78 is 20.5. The summed E-state index contributed by atoms with van der Waals surface area (Å²) in [7, 11) is 1.50. The van der Waals surface area contributed by atoms with Crippen LogP contribution in [-0.2, 0) is 16.1 Å². The van der Waals surface area contributed by atoms with E-state index in [0.717, 1.165) is 0 Å². The number of carbonyl (C=O) groups excluding carboxylic acids is 1. The molecule has 0 saturated carbocycles. The van der Waals surface area contributed by atoms with Crippen molar-refractivity contribution in [3.63, 3.8) is 0 Å². The summed E-state index contributed by atoms with van der Waals surface area (Å²) in [6.45, 7) is -0.190. The number of esters is 1. The van der Waals surface area contributed by atoms with Crippen LogP contribution in [0.2, 0.25) is 0 Å². The summed E-state index contributed by atoms with van der Waals surface area (Å²) in [5.41, 5.74) is -0.0191. The van der Waals surface area contributed by atoms with E-state index in [0.29, 0.717) is 28.0 Å². The van der Waals surface area contributed by atoms with Gasteiger partial charge in [-0.25, -0.2) is 9.59 Å². The molecule has 0 aliphatic rings. The Bertz CT molecular complexity index is 1070. The molecule has 0 aliphatic heterocycles. The van der Waals surface area contributed by atoms with Crippen LogP contribution in [0, 0.1) is 11.3 Å². The fourth-order valence-corrected chi connectivity index (χ4v) is 2.33. The van der Waals surface area contributed by atoms with E-state index in [2.05, 4.69) is 0 Å². The standard InChI is InChI=1S/C19H13NO6/c1-23-14-4-5-16-13(8-18(21)26-17(16)9-14)11-25-19(22)12(10-20)7-15-3-2-6-24-15/h2-9H,11H2,1H3/b12-7+. The number of benzene rings is 1. The van der Waals surface area contributed by atoms with Gasteiger partial charge in [0, 0.05) is 29.2 Å². The van der Waals surface area contributed by atoms with Crippen LogP contribution in [0.25, 0.3) is 17.0 Å². The monoisotopic (exact) mass is 351 g/mol. The van der Waals surface area contributed by atoms with Crippen LogP contribution in [0.15, 0.2) is 61.9 Å². The number of methoxy groups -OCH3 is 1. The second kappa shape index (κ2) is 7.40. The molecule has 130 valence electrons. The highest BCUT2D eigenvalue weighted by Crippen LogP contribution is 2.23. The minimum atomic E-state index is -0.821. The molecule has 0 saturated heterocycles. The van der Waals surface area contributed by atoms with Gasteiger partial charge in [-0.3, -0.25) is 0 Å². The molecule has 0 atom stereocenters. The van der Waals surface area contributed by atoms with Crippen LogP contribution >= 0.6 is 0 Å². The van der Waals surface area contributed by atoms with Crippen LogP contribution in [0.4, 0.5) is 0 Å². The maximum atomic E-state index is 12.1. The number of hydrogen-bond acceptors (Lipinski definition) is 7. The van der Waals surface area contributed by atoms with E-state index in [1.165, 1.54) is 25.5 Å². The first-order valence-corrected chi connectivity index (χ1v) is 7.54. The fraction of sp³-hybridized carbons (Fsp3) is 0.105. The summed E-state index contributed by atoms with van der Waals surface area (Å²) in [6, 6.07) is 11.2. The minimum Gasteiger partial charge on any atom is -0.497 e. The third-order valence-electron chi connectivity index (χ3n) is 3.57. The van der Waals surface area contributed by atoms with Crippen molar-refractivity contribution in [2.75, 3.05) is 7.11 Å². The zero-order valence-corrected chi connectivity index (χ0v) is 13.7. The molecular formula is C19H13NO6. The molecule has 2 heterocycles. The van der Waals surface area contributed by atoms with E-state index in [4.69, 9.17) is 23.6 Å². The second-order valence-corrected chi connectivity index (χ2v) is 5.21. The number of rotatable bonds is 5. The first-order valence-electron chi connectivity index (χ1n) is 7.54. The summed E-state index contributed by atoms with van der Waals surface area (Å²) in [4.78, 5) is 23.8. The van der Waals surface area contributed by atoms with E-state index >= 15 is 0 Å². The Morgan fingerprint density at radius 3 is 2.85 bits per heavy atom. The molecule has 2 aromatic heterocycles. The number of fused-ring (bicyclic) bond motifs is 1. The van der Waals surface area contributed by atoms with Crippen LogP contribution in [0.5, 0.6) is 5.75 Å². The van der Waals surface area contributed by atoms with Gasteiger partial charge in [-0.1, -0.05) is 0 Å². The normalized spacial score (nSPS) is 11.2. The largest absolute Gasteiger partial charge is 0.497 e. The highest BCUT2D eigenvalue weighted by Gasteiger charge is 2.14. The Kier molecular flexibility index (Phi) is 4.85. The second-order valence-electron chi connectivity index (χ2n) is 5.21. The van der Waals surface area contributed by atoms with Crippen LogP contribution in [0.3, 0.4) is 0 Å². The lowest BCUT2D eigenvalue weighted by atomic mass is 10.1. The van der Waals surface area contributed by atoms with E-state index in [9.17, 15) is 9.59 Å². The molecule has 0 unspecified atom stereocenters. The molecule has 0 bridgehead atoms.